The van der Waals surface area contributed by atoms with Gasteiger partial charge in [0.15, 0.2) is 5.82 Å². The Hall–Kier alpha value is -3.14. The Morgan fingerprint density at radius 2 is 1.82 bits per heavy atom. The summed E-state index contributed by atoms with van der Waals surface area (Å²) in [7, 11) is 0. The van der Waals surface area contributed by atoms with Crippen molar-refractivity contribution < 1.29 is 17.9 Å². The molecule has 174 valence electrons. The van der Waals surface area contributed by atoms with E-state index in [1.54, 1.807) is 6.92 Å². The minimum atomic E-state index is -2.96. The SMILES string of the molecule is Cc1nnc(N[C@H](C)c2cc(N)cc(C(F)F)c2F)c2cc(N3C4CCC3COC4)cnc12. The van der Waals surface area contributed by atoms with Crippen LogP contribution in [0.4, 0.5) is 30.4 Å². The smallest absolute Gasteiger partial charge is 0.266 e. The van der Waals surface area contributed by atoms with Gasteiger partial charge in [-0.25, -0.2) is 13.2 Å². The first kappa shape index (κ1) is 21.7. The molecule has 3 atom stereocenters. The second-order valence-corrected chi connectivity index (χ2v) is 8.73. The van der Waals surface area contributed by atoms with E-state index in [0.717, 1.165) is 30.0 Å². The highest BCUT2D eigenvalue weighted by Crippen LogP contribution is 2.37. The zero-order valence-electron chi connectivity index (χ0n) is 18.4. The van der Waals surface area contributed by atoms with Crippen LogP contribution in [-0.2, 0) is 4.74 Å². The number of morpholine rings is 1. The number of pyridine rings is 1. The highest BCUT2D eigenvalue weighted by Gasteiger charge is 2.37. The highest BCUT2D eigenvalue weighted by atomic mass is 19.3. The lowest BCUT2D eigenvalue weighted by Gasteiger charge is -2.36. The maximum Gasteiger partial charge on any atom is 0.266 e. The number of nitrogens with zero attached hydrogens (tertiary/aromatic N) is 4. The summed E-state index contributed by atoms with van der Waals surface area (Å²) in [5.74, 6) is -0.578. The summed E-state index contributed by atoms with van der Waals surface area (Å²) in [6, 6.07) is 4.26. The van der Waals surface area contributed by atoms with Gasteiger partial charge in [-0.3, -0.25) is 4.98 Å². The first-order valence-corrected chi connectivity index (χ1v) is 11.0. The van der Waals surface area contributed by atoms with Gasteiger partial charge in [-0.05, 0) is 44.9 Å². The molecule has 3 N–H and O–H groups in total. The maximum atomic E-state index is 14.8. The van der Waals surface area contributed by atoms with E-state index in [1.165, 1.54) is 6.07 Å². The van der Waals surface area contributed by atoms with Gasteiger partial charge in [0.1, 0.15) is 5.82 Å². The third kappa shape index (κ3) is 3.82. The van der Waals surface area contributed by atoms with E-state index in [0.29, 0.717) is 42.3 Å². The summed E-state index contributed by atoms with van der Waals surface area (Å²) in [6.07, 6.45) is 1.02. The van der Waals surface area contributed by atoms with Gasteiger partial charge in [-0.1, -0.05) is 0 Å². The Bertz CT molecular complexity index is 1190. The molecule has 2 unspecified atom stereocenters. The molecule has 0 saturated carbocycles. The molecule has 0 spiro atoms. The maximum absolute atomic E-state index is 14.8. The van der Waals surface area contributed by atoms with Gasteiger partial charge in [0.2, 0.25) is 0 Å². The van der Waals surface area contributed by atoms with Gasteiger partial charge in [0, 0.05) is 16.6 Å². The topological polar surface area (TPSA) is 89.2 Å². The second kappa shape index (κ2) is 8.33. The summed E-state index contributed by atoms with van der Waals surface area (Å²) in [5, 5.41) is 12.3. The normalized spacial score (nSPS) is 21.1. The van der Waals surface area contributed by atoms with E-state index in [9.17, 15) is 13.2 Å². The van der Waals surface area contributed by atoms with Crippen LogP contribution >= 0.6 is 0 Å². The number of nitrogen functional groups attached to an aromatic ring is 1. The molecular weight excluding hydrogens is 433 g/mol. The van der Waals surface area contributed by atoms with Crippen LogP contribution in [0.1, 0.15) is 49.1 Å². The van der Waals surface area contributed by atoms with Crippen molar-refractivity contribution in [3.63, 3.8) is 0 Å². The standard InChI is InChI=1S/C23H25F3N6O/c1-11(17-5-13(27)6-18(20(17)24)22(25)26)29-23-19-7-16(8-28-21(19)12(2)30-31-23)32-14-3-4-15(32)10-33-9-14/h5-8,11,14-15,22H,3-4,9-10,27H2,1-2H3,(H,29,31)/t11-,14?,15?/m1/s1. The average molecular weight is 458 g/mol. The third-order valence-electron chi connectivity index (χ3n) is 6.52. The van der Waals surface area contributed by atoms with Crippen molar-refractivity contribution in [2.75, 3.05) is 29.2 Å². The van der Waals surface area contributed by atoms with Crippen LogP contribution in [0.5, 0.6) is 0 Å². The number of anilines is 3. The molecule has 2 aliphatic rings. The Morgan fingerprint density at radius 1 is 1.12 bits per heavy atom. The minimum absolute atomic E-state index is 0.0381. The van der Waals surface area contributed by atoms with Crippen LogP contribution < -0.4 is 16.0 Å². The molecule has 3 aromatic rings. The van der Waals surface area contributed by atoms with Crippen molar-refractivity contribution in [1.29, 1.82) is 0 Å². The molecule has 2 fully saturated rings. The van der Waals surface area contributed by atoms with Gasteiger partial charge < -0.3 is 20.7 Å². The number of hydrogen-bond donors (Lipinski definition) is 2. The van der Waals surface area contributed by atoms with Crippen LogP contribution in [-0.4, -0.2) is 40.5 Å². The summed E-state index contributed by atoms with van der Waals surface area (Å²) in [4.78, 5) is 7.00. The number of nitrogens with one attached hydrogen (secondary N) is 1. The Morgan fingerprint density at radius 3 is 2.52 bits per heavy atom. The number of nitrogens with two attached hydrogens (primary N) is 1. The number of alkyl halides is 2. The van der Waals surface area contributed by atoms with Crippen molar-refractivity contribution in [1.82, 2.24) is 15.2 Å². The lowest BCUT2D eigenvalue weighted by molar-refractivity contribution is 0.0906. The molecule has 33 heavy (non-hydrogen) atoms. The number of aryl methyl sites for hydroxylation is 1. The first-order chi connectivity index (χ1) is 15.8. The Kier molecular flexibility index (Phi) is 5.48. The van der Waals surface area contributed by atoms with Crippen molar-refractivity contribution >= 4 is 28.1 Å². The fourth-order valence-corrected chi connectivity index (χ4v) is 4.90. The van der Waals surface area contributed by atoms with Crippen LogP contribution in [0, 0.1) is 12.7 Å². The summed E-state index contributed by atoms with van der Waals surface area (Å²) >= 11 is 0. The van der Waals surface area contributed by atoms with Gasteiger partial charge >= 0.3 is 0 Å². The number of hydrogen-bond acceptors (Lipinski definition) is 7. The lowest BCUT2D eigenvalue weighted by atomic mass is 10.0. The number of halogens is 3. The summed E-state index contributed by atoms with van der Waals surface area (Å²) in [5.41, 5.74) is 7.46. The van der Waals surface area contributed by atoms with Crippen molar-refractivity contribution in [2.24, 2.45) is 0 Å². The van der Waals surface area contributed by atoms with Crippen molar-refractivity contribution in [2.45, 2.75) is 51.2 Å². The van der Waals surface area contributed by atoms with Gasteiger partial charge in [-0.2, -0.15) is 5.10 Å². The molecule has 0 amide bonds. The van der Waals surface area contributed by atoms with E-state index in [2.05, 4.69) is 25.4 Å². The quantitative estimate of drug-likeness (QED) is 0.543. The molecule has 0 aliphatic carbocycles. The molecule has 2 aliphatic heterocycles. The zero-order chi connectivity index (χ0) is 23.3. The lowest BCUT2D eigenvalue weighted by Crippen LogP contribution is -2.45. The van der Waals surface area contributed by atoms with Gasteiger partial charge in [0.25, 0.3) is 6.43 Å². The van der Waals surface area contributed by atoms with Gasteiger partial charge in [0.05, 0.1) is 60.0 Å². The van der Waals surface area contributed by atoms with Crippen LogP contribution in [0.3, 0.4) is 0 Å². The number of fused-ring (bicyclic) bond motifs is 3. The van der Waals surface area contributed by atoms with E-state index in [-0.39, 0.29) is 11.3 Å². The molecule has 2 bridgehead atoms. The van der Waals surface area contributed by atoms with Crippen molar-refractivity contribution in [3.8, 4) is 0 Å². The highest BCUT2D eigenvalue weighted by molar-refractivity contribution is 5.92. The van der Waals surface area contributed by atoms with Crippen LogP contribution in [0.2, 0.25) is 0 Å². The summed E-state index contributed by atoms with van der Waals surface area (Å²) < 4.78 is 47.0. The number of aromatic nitrogens is 3. The molecule has 7 nitrogen and oxygen atoms in total. The van der Waals surface area contributed by atoms with E-state index in [1.807, 2.05) is 19.2 Å². The number of rotatable bonds is 5. The predicted molar refractivity (Wildman–Crippen MR) is 120 cm³/mol. The molecule has 5 rings (SSSR count). The molecule has 2 aromatic heterocycles. The van der Waals surface area contributed by atoms with Gasteiger partial charge in [-0.15, -0.1) is 5.10 Å². The molecule has 1 aromatic carbocycles. The van der Waals surface area contributed by atoms with E-state index >= 15 is 0 Å². The third-order valence-corrected chi connectivity index (χ3v) is 6.52. The molecule has 4 heterocycles. The predicted octanol–water partition coefficient (Wildman–Crippen LogP) is 4.53. The monoisotopic (exact) mass is 458 g/mol. The van der Waals surface area contributed by atoms with Crippen LogP contribution in [0.15, 0.2) is 24.4 Å². The van der Waals surface area contributed by atoms with E-state index < -0.39 is 23.8 Å². The average Bonchev–Trinajstić information content (AvgIpc) is 3.04. The number of benzene rings is 1. The summed E-state index contributed by atoms with van der Waals surface area (Å²) in [6.45, 7) is 4.86. The fourth-order valence-electron chi connectivity index (χ4n) is 4.90. The van der Waals surface area contributed by atoms with Crippen molar-refractivity contribution in [3.05, 3.63) is 47.0 Å². The first-order valence-electron chi connectivity index (χ1n) is 11.0. The van der Waals surface area contributed by atoms with Crippen LogP contribution in [0.25, 0.3) is 10.9 Å². The minimum Gasteiger partial charge on any atom is -0.399 e. The van der Waals surface area contributed by atoms with E-state index in [4.69, 9.17) is 10.5 Å². The molecule has 0 radical (unpaired) electrons. The second-order valence-electron chi connectivity index (χ2n) is 8.73. The number of ether oxygens (including phenoxy) is 1. The Labute approximate surface area is 189 Å². The zero-order valence-corrected chi connectivity index (χ0v) is 18.4. The molecular formula is C23H25F3N6O. The molecule has 2 saturated heterocycles. The Balaban J connectivity index is 1.53. The molecule has 10 heteroatoms. The fraction of sp³-hybridized carbons (Fsp3) is 0.435. The largest absolute Gasteiger partial charge is 0.399 e.